The third kappa shape index (κ3) is 4.07. The highest BCUT2D eigenvalue weighted by molar-refractivity contribution is 5.58. The molecular formula is C15H23N3O3. The van der Waals surface area contributed by atoms with Crippen LogP contribution in [0.25, 0.3) is 0 Å². The van der Waals surface area contributed by atoms with Gasteiger partial charge in [-0.05, 0) is 31.8 Å². The highest BCUT2D eigenvalue weighted by Crippen LogP contribution is 2.30. The highest BCUT2D eigenvalue weighted by Gasteiger charge is 2.21. The first kappa shape index (κ1) is 15.6. The number of nitro groups is 1. The van der Waals surface area contributed by atoms with E-state index in [0.29, 0.717) is 11.7 Å². The summed E-state index contributed by atoms with van der Waals surface area (Å²) in [6.07, 6.45) is 2.22. The lowest BCUT2D eigenvalue weighted by atomic mass is 9.96. The molecule has 0 amide bonds. The van der Waals surface area contributed by atoms with Crippen LogP contribution in [0, 0.1) is 16.0 Å². The maximum atomic E-state index is 11.0. The Morgan fingerprint density at radius 3 is 2.67 bits per heavy atom. The number of nitrogens with one attached hydrogen (secondary N) is 1. The lowest BCUT2D eigenvalue weighted by Gasteiger charge is -2.33. The van der Waals surface area contributed by atoms with Gasteiger partial charge < -0.3 is 15.0 Å². The second kappa shape index (κ2) is 7.26. The molecule has 1 saturated heterocycles. The molecule has 1 heterocycles. The van der Waals surface area contributed by atoms with Gasteiger partial charge in [0, 0.05) is 30.9 Å². The second-order valence-electron chi connectivity index (χ2n) is 5.38. The number of nitro benzene ring substituents is 1. The Balaban J connectivity index is 2.05. The third-order valence-electron chi connectivity index (χ3n) is 3.99. The van der Waals surface area contributed by atoms with Gasteiger partial charge in [-0.15, -0.1) is 0 Å². The SMILES string of the molecule is CCNCC1CCN(c2cc(OC)cc([N+](=O)[O-])c2)CC1. The maximum absolute atomic E-state index is 11.0. The Morgan fingerprint density at radius 1 is 1.38 bits per heavy atom. The van der Waals surface area contributed by atoms with Crippen LogP contribution in [-0.2, 0) is 0 Å². The van der Waals surface area contributed by atoms with Crippen molar-refractivity contribution in [1.29, 1.82) is 0 Å². The van der Waals surface area contributed by atoms with Crippen molar-refractivity contribution in [2.75, 3.05) is 38.2 Å². The minimum Gasteiger partial charge on any atom is -0.496 e. The summed E-state index contributed by atoms with van der Waals surface area (Å²) in [5, 5.41) is 14.4. The molecule has 116 valence electrons. The molecule has 1 N–H and O–H groups in total. The summed E-state index contributed by atoms with van der Waals surface area (Å²) in [7, 11) is 1.53. The maximum Gasteiger partial charge on any atom is 0.275 e. The van der Waals surface area contributed by atoms with Crippen LogP contribution in [0.2, 0.25) is 0 Å². The molecule has 0 bridgehead atoms. The summed E-state index contributed by atoms with van der Waals surface area (Å²) in [5.41, 5.74) is 0.960. The molecule has 1 aromatic carbocycles. The first-order chi connectivity index (χ1) is 10.1. The van der Waals surface area contributed by atoms with E-state index in [0.717, 1.165) is 44.7 Å². The van der Waals surface area contributed by atoms with Crippen LogP contribution in [0.3, 0.4) is 0 Å². The summed E-state index contributed by atoms with van der Waals surface area (Å²) >= 11 is 0. The average Bonchev–Trinajstić information content (AvgIpc) is 2.52. The van der Waals surface area contributed by atoms with Gasteiger partial charge in [0.05, 0.1) is 18.1 Å². The molecule has 1 aromatic rings. The number of rotatable bonds is 6. The second-order valence-corrected chi connectivity index (χ2v) is 5.38. The van der Waals surface area contributed by atoms with E-state index in [9.17, 15) is 10.1 Å². The summed E-state index contributed by atoms with van der Waals surface area (Å²) in [4.78, 5) is 12.8. The zero-order valence-corrected chi connectivity index (χ0v) is 12.7. The number of ether oxygens (including phenoxy) is 1. The minimum absolute atomic E-state index is 0.0825. The van der Waals surface area contributed by atoms with Gasteiger partial charge >= 0.3 is 0 Å². The molecule has 0 unspecified atom stereocenters. The van der Waals surface area contributed by atoms with Gasteiger partial charge in [0.2, 0.25) is 0 Å². The van der Waals surface area contributed by atoms with Crippen LogP contribution in [0.4, 0.5) is 11.4 Å². The number of nitrogens with zero attached hydrogens (tertiary/aromatic N) is 2. The molecule has 6 heteroatoms. The summed E-state index contributed by atoms with van der Waals surface area (Å²) < 4.78 is 5.17. The molecule has 0 atom stereocenters. The predicted molar refractivity (Wildman–Crippen MR) is 83.1 cm³/mol. The molecule has 1 aliphatic rings. The number of non-ortho nitro benzene ring substituents is 1. The molecule has 6 nitrogen and oxygen atoms in total. The Labute approximate surface area is 125 Å². The van der Waals surface area contributed by atoms with Crippen molar-refractivity contribution in [1.82, 2.24) is 5.32 Å². The van der Waals surface area contributed by atoms with Crippen LogP contribution in [-0.4, -0.2) is 38.2 Å². The van der Waals surface area contributed by atoms with Crippen molar-refractivity contribution in [3.05, 3.63) is 28.3 Å². The Hall–Kier alpha value is -1.82. The van der Waals surface area contributed by atoms with Crippen molar-refractivity contribution in [2.45, 2.75) is 19.8 Å². The highest BCUT2D eigenvalue weighted by atomic mass is 16.6. The lowest BCUT2D eigenvalue weighted by molar-refractivity contribution is -0.384. The first-order valence-corrected chi connectivity index (χ1v) is 7.43. The fourth-order valence-electron chi connectivity index (χ4n) is 2.72. The number of hydrogen-bond donors (Lipinski definition) is 1. The fourth-order valence-corrected chi connectivity index (χ4v) is 2.72. The quantitative estimate of drug-likeness (QED) is 0.644. The van der Waals surface area contributed by atoms with Gasteiger partial charge in [-0.3, -0.25) is 10.1 Å². The van der Waals surface area contributed by atoms with E-state index in [1.807, 2.05) is 6.07 Å². The topological polar surface area (TPSA) is 67.6 Å². The van der Waals surface area contributed by atoms with Gasteiger partial charge in [-0.25, -0.2) is 0 Å². The molecule has 0 aromatic heterocycles. The molecular weight excluding hydrogens is 270 g/mol. The van der Waals surface area contributed by atoms with Crippen LogP contribution in [0.15, 0.2) is 18.2 Å². The van der Waals surface area contributed by atoms with Crippen LogP contribution in [0.1, 0.15) is 19.8 Å². The molecule has 0 radical (unpaired) electrons. The van der Waals surface area contributed by atoms with E-state index in [1.54, 1.807) is 6.07 Å². The van der Waals surface area contributed by atoms with E-state index < -0.39 is 0 Å². The zero-order valence-electron chi connectivity index (χ0n) is 12.7. The predicted octanol–water partition coefficient (Wildman–Crippen LogP) is 2.43. The summed E-state index contributed by atoms with van der Waals surface area (Å²) in [6, 6.07) is 4.96. The van der Waals surface area contributed by atoms with Crippen molar-refractivity contribution < 1.29 is 9.66 Å². The average molecular weight is 293 g/mol. The lowest BCUT2D eigenvalue weighted by Crippen LogP contribution is -2.37. The van der Waals surface area contributed by atoms with Crippen LogP contribution >= 0.6 is 0 Å². The Bertz CT molecular complexity index is 485. The fraction of sp³-hybridized carbons (Fsp3) is 0.600. The van der Waals surface area contributed by atoms with E-state index in [4.69, 9.17) is 4.74 Å². The molecule has 1 fully saturated rings. The Morgan fingerprint density at radius 2 is 2.10 bits per heavy atom. The van der Waals surface area contributed by atoms with E-state index in [-0.39, 0.29) is 10.6 Å². The van der Waals surface area contributed by atoms with Crippen molar-refractivity contribution in [3.63, 3.8) is 0 Å². The summed E-state index contributed by atoms with van der Waals surface area (Å²) in [6.45, 7) is 6.04. The normalized spacial score (nSPS) is 16.0. The first-order valence-electron chi connectivity index (χ1n) is 7.43. The minimum atomic E-state index is -0.371. The Kier molecular flexibility index (Phi) is 5.38. The number of piperidine rings is 1. The van der Waals surface area contributed by atoms with Gasteiger partial charge in [0.1, 0.15) is 5.75 Å². The smallest absolute Gasteiger partial charge is 0.275 e. The van der Waals surface area contributed by atoms with E-state index in [1.165, 1.54) is 13.2 Å². The van der Waals surface area contributed by atoms with Crippen LogP contribution < -0.4 is 15.0 Å². The van der Waals surface area contributed by atoms with E-state index >= 15 is 0 Å². The zero-order chi connectivity index (χ0) is 15.2. The largest absolute Gasteiger partial charge is 0.496 e. The molecule has 21 heavy (non-hydrogen) atoms. The van der Waals surface area contributed by atoms with Gasteiger partial charge in [0.15, 0.2) is 0 Å². The van der Waals surface area contributed by atoms with Gasteiger partial charge in [-0.2, -0.15) is 0 Å². The van der Waals surface area contributed by atoms with Crippen molar-refractivity contribution >= 4 is 11.4 Å². The molecule has 0 spiro atoms. The molecule has 2 rings (SSSR count). The number of hydrogen-bond acceptors (Lipinski definition) is 5. The van der Waals surface area contributed by atoms with Gasteiger partial charge in [0.25, 0.3) is 5.69 Å². The monoisotopic (exact) mass is 293 g/mol. The van der Waals surface area contributed by atoms with Crippen LogP contribution in [0.5, 0.6) is 5.75 Å². The third-order valence-corrected chi connectivity index (χ3v) is 3.99. The van der Waals surface area contributed by atoms with E-state index in [2.05, 4.69) is 17.1 Å². The summed E-state index contributed by atoms with van der Waals surface area (Å²) in [5.74, 6) is 1.23. The standard InChI is InChI=1S/C15H23N3O3/c1-3-16-11-12-4-6-17(7-5-12)13-8-14(18(19)20)10-15(9-13)21-2/h8-10,12,16H,3-7,11H2,1-2H3. The van der Waals surface area contributed by atoms with Crippen molar-refractivity contribution in [2.24, 2.45) is 5.92 Å². The molecule has 1 aliphatic heterocycles. The number of methoxy groups -OCH3 is 1. The molecule has 0 saturated carbocycles. The molecule has 0 aliphatic carbocycles. The van der Waals surface area contributed by atoms with Gasteiger partial charge in [-0.1, -0.05) is 6.92 Å². The number of benzene rings is 1. The van der Waals surface area contributed by atoms with Crippen molar-refractivity contribution in [3.8, 4) is 5.75 Å². The number of anilines is 1.